The molecule has 0 saturated carbocycles. The predicted octanol–water partition coefficient (Wildman–Crippen LogP) is 4.84. The smallest absolute Gasteiger partial charge is 0.345 e. The Morgan fingerprint density at radius 1 is 1.06 bits per heavy atom. The van der Waals surface area contributed by atoms with E-state index < -0.39 is 12.1 Å². The molecule has 34 heavy (non-hydrogen) atoms. The van der Waals surface area contributed by atoms with Crippen molar-refractivity contribution in [1.82, 2.24) is 15.1 Å². The number of nitrogens with zero attached hydrogens (tertiary/aromatic N) is 4. The number of phenolic OH excluding ortho intramolecular Hbond substituents is 2. The Morgan fingerprint density at radius 2 is 1.85 bits per heavy atom. The average molecular weight is 455 g/mol. The van der Waals surface area contributed by atoms with Crippen LogP contribution in [0.2, 0.25) is 0 Å². The highest BCUT2D eigenvalue weighted by Crippen LogP contribution is 2.38. The topological polar surface area (TPSA) is 124 Å². The van der Waals surface area contributed by atoms with E-state index in [1.807, 2.05) is 6.07 Å². The Labute approximate surface area is 195 Å². The summed E-state index contributed by atoms with van der Waals surface area (Å²) in [6.07, 6.45) is 3.75. The molecule has 1 unspecified atom stereocenters. The van der Waals surface area contributed by atoms with Crippen molar-refractivity contribution in [2.24, 2.45) is 5.10 Å². The largest absolute Gasteiger partial charge is 0.508 e. The minimum atomic E-state index is -0.539. The average Bonchev–Trinajstić information content (AvgIpc) is 3.45. The summed E-state index contributed by atoms with van der Waals surface area (Å²) in [5, 5.41) is 32.7. The van der Waals surface area contributed by atoms with E-state index in [0.717, 1.165) is 11.1 Å². The number of urea groups is 1. The molecule has 2 aromatic heterocycles. The van der Waals surface area contributed by atoms with E-state index in [0.29, 0.717) is 29.0 Å². The molecule has 170 valence electrons. The molecule has 5 rings (SSSR count). The number of amides is 2. The van der Waals surface area contributed by atoms with Crippen molar-refractivity contribution in [2.45, 2.75) is 19.4 Å². The SMILES string of the molecule is Cc1noc(NC(=O)N2N=C(c3cccnc3)CC2c2ccccc2O)c1-c1ccc(O)cc1. The number of aromatic hydroxyl groups is 2. The summed E-state index contributed by atoms with van der Waals surface area (Å²) in [5.41, 5.74) is 3.95. The van der Waals surface area contributed by atoms with Gasteiger partial charge in [0, 0.05) is 29.9 Å². The summed E-state index contributed by atoms with van der Waals surface area (Å²) < 4.78 is 5.41. The summed E-state index contributed by atoms with van der Waals surface area (Å²) >= 11 is 0. The van der Waals surface area contributed by atoms with Crippen LogP contribution in [0.15, 0.2) is 82.7 Å². The standard InChI is InChI=1S/C25H21N5O4/c1-15-23(16-8-10-18(31)11-9-16)24(34-29-15)27-25(33)30-21(19-6-2-3-7-22(19)32)13-20(28-30)17-5-4-12-26-14-17/h2-12,14,21,31-32H,13H2,1H3,(H,27,33). The maximum atomic E-state index is 13.4. The van der Waals surface area contributed by atoms with Gasteiger partial charge in [0.05, 0.1) is 23.0 Å². The zero-order valence-electron chi connectivity index (χ0n) is 18.2. The van der Waals surface area contributed by atoms with Gasteiger partial charge in [-0.25, -0.2) is 9.80 Å². The number of carbonyl (C=O) groups excluding carboxylic acids is 1. The number of aryl methyl sites for hydroxylation is 1. The molecular weight excluding hydrogens is 434 g/mol. The molecule has 0 fully saturated rings. The van der Waals surface area contributed by atoms with Crippen LogP contribution in [0, 0.1) is 6.92 Å². The van der Waals surface area contributed by atoms with Crippen molar-refractivity contribution in [1.29, 1.82) is 0 Å². The van der Waals surface area contributed by atoms with E-state index in [9.17, 15) is 15.0 Å². The van der Waals surface area contributed by atoms with Crippen LogP contribution in [0.1, 0.15) is 29.3 Å². The molecular formula is C25H21N5O4. The summed E-state index contributed by atoms with van der Waals surface area (Å²) in [7, 11) is 0. The first kappa shape index (κ1) is 21.2. The van der Waals surface area contributed by atoms with Crippen LogP contribution in [-0.2, 0) is 0 Å². The number of hydrogen-bond acceptors (Lipinski definition) is 7. The van der Waals surface area contributed by atoms with E-state index in [1.165, 1.54) is 5.01 Å². The van der Waals surface area contributed by atoms with Gasteiger partial charge in [-0.3, -0.25) is 10.3 Å². The van der Waals surface area contributed by atoms with Gasteiger partial charge in [0.15, 0.2) is 0 Å². The third-order valence-corrected chi connectivity index (χ3v) is 5.65. The number of anilines is 1. The number of rotatable bonds is 4. The van der Waals surface area contributed by atoms with Crippen LogP contribution in [0.3, 0.4) is 0 Å². The van der Waals surface area contributed by atoms with Crippen LogP contribution in [0.5, 0.6) is 11.5 Å². The maximum Gasteiger partial charge on any atom is 0.345 e. The van der Waals surface area contributed by atoms with E-state index >= 15 is 0 Å². The molecule has 1 aliphatic rings. The number of phenols is 2. The van der Waals surface area contributed by atoms with Crippen molar-refractivity contribution in [3.05, 3.63) is 89.9 Å². The van der Waals surface area contributed by atoms with Gasteiger partial charge in [0.2, 0.25) is 5.88 Å². The summed E-state index contributed by atoms with van der Waals surface area (Å²) in [6.45, 7) is 1.76. The first-order chi connectivity index (χ1) is 16.5. The summed E-state index contributed by atoms with van der Waals surface area (Å²) in [5.74, 6) is 0.366. The van der Waals surface area contributed by atoms with Crippen molar-refractivity contribution in [3.63, 3.8) is 0 Å². The third-order valence-electron chi connectivity index (χ3n) is 5.65. The molecule has 0 saturated heterocycles. The second kappa shape index (κ2) is 8.70. The number of pyridine rings is 1. The lowest BCUT2D eigenvalue weighted by atomic mass is 9.98. The van der Waals surface area contributed by atoms with Gasteiger partial charge in [-0.15, -0.1) is 0 Å². The zero-order valence-corrected chi connectivity index (χ0v) is 18.2. The normalized spacial score (nSPS) is 15.3. The molecule has 0 spiro atoms. The lowest BCUT2D eigenvalue weighted by molar-refractivity contribution is 0.198. The second-order valence-electron chi connectivity index (χ2n) is 7.86. The van der Waals surface area contributed by atoms with Gasteiger partial charge >= 0.3 is 6.03 Å². The Kier molecular flexibility index (Phi) is 5.43. The highest BCUT2D eigenvalue weighted by molar-refractivity contribution is 6.04. The van der Waals surface area contributed by atoms with Crippen molar-refractivity contribution in [2.75, 3.05) is 5.32 Å². The molecule has 0 bridgehead atoms. The molecule has 0 radical (unpaired) electrons. The van der Waals surface area contributed by atoms with Crippen LogP contribution >= 0.6 is 0 Å². The Hall–Kier alpha value is -4.66. The number of hydrazone groups is 1. The van der Waals surface area contributed by atoms with E-state index in [4.69, 9.17) is 4.52 Å². The molecule has 9 nitrogen and oxygen atoms in total. The minimum absolute atomic E-state index is 0.0771. The summed E-state index contributed by atoms with van der Waals surface area (Å²) in [4.78, 5) is 17.6. The maximum absolute atomic E-state index is 13.4. The Morgan fingerprint density at radius 3 is 2.59 bits per heavy atom. The van der Waals surface area contributed by atoms with Crippen LogP contribution in [-0.4, -0.2) is 37.1 Å². The fourth-order valence-corrected chi connectivity index (χ4v) is 3.99. The summed E-state index contributed by atoms with van der Waals surface area (Å²) in [6, 6.07) is 16.0. The number of para-hydroxylation sites is 1. The fourth-order valence-electron chi connectivity index (χ4n) is 3.99. The van der Waals surface area contributed by atoms with Gasteiger partial charge in [-0.2, -0.15) is 5.10 Å². The highest BCUT2D eigenvalue weighted by Gasteiger charge is 2.35. The first-order valence-electron chi connectivity index (χ1n) is 10.6. The minimum Gasteiger partial charge on any atom is -0.508 e. The molecule has 1 aliphatic heterocycles. The first-order valence-corrected chi connectivity index (χ1v) is 10.6. The molecule has 4 aromatic rings. The third kappa shape index (κ3) is 3.95. The van der Waals surface area contributed by atoms with Crippen LogP contribution in [0.4, 0.5) is 10.7 Å². The van der Waals surface area contributed by atoms with Crippen LogP contribution < -0.4 is 5.32 Å². The highest BCUT2D eigenvalue weighted by atomic mass is 16.5. The van der Waals surface area contributed by atoms with Gasteiger partial charge in [-0.1, -0.05) is 41.6 Å². The quantitative estimate of drug-likeness (QED) is 0.405. The molecule has 3 heterocycles. The number of carbonyl (C=O) groups is 1. The number of benzene rings is 2. The van der Waals surface area contributed by atoms with Gasteiger partial charge in [-0.05, 0) is 36.8 Å². The number of aromatic nitrogens is 2. The molecule has 9 heteroatoms. The molecule has 2 amide bonds. The molecule has 0 aliphatic carbocycles. The monoisotopic (exact) mass is 455 g/mol. The second-order valence-corrected chi connectivity index (χ2v) is 7.86. The molecule has 1 atom stereocenters. The van der Waals surface area contributed by atoms with Crippen molar-refractivity contribution >= 4 is 17.6 Å². The Balaban J connectivity index is 1.49. The van der Waals surface area contributed by atoms with Gasteiger partial charge in [0.25, 0.3) is 0 Å². The van der Waals surface area contributed by atoms with Gasteiger partial charge in [0.1, 0.15) is 11.5 Å². The van der Waals surface area contributed by atoms with Crippen LogP contribution in [0.25, 0.3) is 11.1 Å². The lowest BCUT2D eigenvalue weighted by Gasteiger charge is -2.22. The van der Waals surface area contributed by atoms with Crippen molar-refractivity contribution in [3.8, 4) is 22.6 Å². The Bertz CT molecular complexity index is 1370. The molecule has 3 N–H and O–H groups in total. The van der Waals surface area contributed by atoms with E-state index in [2.05, 4.69) is 20.6 Å². The lowest BCUT2D eigenvalue weighted by Crippen LogP contribution is -2.31. The number of hydrogen-bond donors (Lipinski definition) is 3. The van der Waals surface area contributed by atoms with E-state index in [-0.39, 0.29) is 17.4 Å². The van der Waals surface area contributed by atoms with Gasteiger partial charge < -0.3 is 14.7 Å². The number of nitrogens with one attached hydrogen (secondary N) is 1. The fraction of sp³-hybridized carbons (Fsp3) is 0.120. The van der Waals surface area contributed by atoms with E-state index in [1.54, 1.807) is 73.9 Å². The predicted molar refractivity (Wildman–Crippen MR) is 125 cm³/mol. The zero-order chi connectivity index (χ0) is 23.7. The van der Waals surface area contributed by atoms with Crippen molar-refractivity contribution < 1.29 is 19.5 Å². The molecule has 2 aromatic carbocycles.